The van der Waals surface area contributed by atoms with E-state index < -0.39 is 120 Å². The van der Waals surface area contributed by atoms with Gasteiger partial charge in [0.15, 0.2) is 81.4 Å². The predicted octanol–water partition coefficient (Wildman–Crippen LogP) is 9.87. The highest BCUT2D eigenvalue weighted by Gasteiger charge is 2.45. The quantitative estimate of drug-likeness (QED) is 0.0509. The highest BCUT2D eigenvalue weighted by atomic mass is 32.2. The summed E-state index contributed by atoms with van der Waals surface area (Å²) in [5, 5.41) is 0. The van der Waals surface area contributed by atoms with Crippen LogP contribution in [0.4, 0.5) is 65.9 Å². The molecule has 5 rings (SSSR count). The van der Waals surface area contributed by atoms with E-state index in [1.807, 2.05) is 0 Å². The molecule has 0 bridgehead atoms. The fourth-order valence-electron chi connectivity index (χ4n) is 4.71. The molecule has 0 saturated carbocycles. The predicted molar refractivity (Wildman–Crippen MR) is 155 cm³/mol. The van der Waals surface area contributed by atoms with E-state index in [0.717, 1.165) is 0 Å². The molecule has 0 radical (unpaired) electrons. The lowest BCUT2D eigenvalue weighted by Gasteiger charge is -2.26. The molecule has 0 unspecified atom stereocenters. The van der Waals surface area contributed by atoms with Gasteiger partial charge in [0.2, 0.25) is 5.82 Å². The van der Waals surface area contributed by atoms with Gasteiger partial charge in [-0.3, -0.25) is 0 Å². The summed E-state index contributed by atoms with van der Waals surface area (Å²) in [5.41, 5.74) is -9.04. The molecule has 18 heteroatoms. The minimum absolute atomic E-state index is 0.0409. The molecular weight excluding hydrogens is 744 g/mol. The van der Waals surface area contributed by atoms with Crippen LogP contribution in [-0.4, -0.2) is 6.71 Å². The first-order valence-corrected chi connectivity index (χ1v) is 15.0. The van der Waals surface area contributed by atoms with E-state index in [0.29, 0.717) is 0 Å². The maximum atomic E-state index is 15.8. The molecule has 258 valence electrons. The average Bonchev–Trinajstić information content (AvgIpc) is 3.11. The zero-order chi connectivity index (χ0) is 36.8. The van der Waals surface area contributed by atoms with E-state index in [1.54, 1.807) is 0 Å². The van der Waals surface area contributed by atoms with Crippen LogP contribution in [0.15, 0.2) is 74.7 Å². The molecule has 0 atom stereocenters. The lowest BCUT2D eigenvalue weighted by Crippen LogP contribution is -2.52. The smallest absolute Gasteiger partial charge is 0.204 e. The molecule has 50 heavy (non-hydrogen) atoms. The first-order chi connectivity index (χ1) is 23.6. The summed E-state index contributed by atoms with van der Waals surface area (Å²) in [4.78, 5) is -0.0817. The number of thioether (sulfide) groups is 2. The van der Waals surface area contributed by atoms with Gasteiger partial charge in [-0.15, -0.1) is 0 Å². The van der Waals surface area contributed by atoms with Gasteiger partial charge in [-0.25, -0.2) is 65.9 Å². The van der Waals surface area contributed by atoms with E-state index in [9.17, 15) is 39.5 Å². The van der Waals surface area contributed by atoms with Crippen molar-refractivity contribution in [2.24, 2.45) is 0 Å². The Morgan fingerprint density at radius 3 is 0.900 bits per heavy atom. The molecule has 5 aromatic rings. The number of hydrogen-bond donors (Lipinski definition) is 0. The van der Waals surface area contributed by atoms with Gasteiger partial charge in [-0.1, -0.05) is 59.9 Å². The van der Waals surface area contributed by atoms with Crippen LogP contribution in [0.3, 0.4) is 0 Å². The van der Waals surface area contributed by atoms with Gasteiger partial charge in [0.25, 0.3) is 6.71 Å². The van der Waals surface area contributed by atoms with Crippen molar-refractivity contribution in [2.45, 2.75) is 9.79 Å². The zero-order valence-corrected chi connectivity index (χ0v) is 25.5. The van der Waals surface area contributed by atoms with E-state index in [1.165, 1.54) is 60.7 Å². The van der Waals surface area contributed by atoms with Crippen LogP contribution in [0.2, 0.25) is 0 Å². The van der Waals surface area contributed by atoms with Gasteiger partial charge in [-0.2, -0.15) is 0 Å². The first-order valence-electron chi connectivity index (χ1n) is 13.3. The topological polar surface area (TPSA) is 0 Å². The second-order valence-electron chi connectivity index (χ2n) is 9.88. The summed E-state index contributed by atoms with van der Waals surface area (Å²) < 4.78 is 224. The maximum Gasteiger partial charge on any atom is 0.260 e. The van der Waals surface area contributed by atoms with E-state index >= 15 is 26.3 Å². The second kappa shape index (κ2) is 14.4. The third-order valence-corrected chi connectivity index (χ3v) is 9.29. The lowest BCUT2D eigenvalue weighted by atomic mass is 9.35. The van der Waals surface area contributed by atoms with Crippen molar-refractivity contribution in [3.63, 3.8) is 0 Å². The van der Waals surface area contributed by atoms with Crippen molar-refractivity contribution in [3.05, 3.63) is 158 Å². The normalized spacial score (nSPS) is 11.3. The largest absolute Gasteiger partial charge is 0.260 e. The summed E-state index contributed by atoms with van der Waals surface area (Å²) >= 11 is 0.483. The molecule has 0 aliphatic rings. The summed E-state index contributed by atoms with van der Waals surface area (Å²) in [7, 11) is 0. The van der Waals surface area contributed by atoms with Crippen molar-refractivity contribution in [1.29, 1.82) is 0 Å². The molecule has 0 saturated heterocycles. The fraction of sp³-hybridized carbons (Fsp3) is 0. The van der Waals surface area contributed by atoms with Gasteiger partial charge in [0.1, 0.15) is 0 Å². The van der Waals surface area contributed by atoms with Crippen LogP contribution in [0.25, 0.3) is 5.47 Å². The molecule has 0 aliphatic heterocycles. The van der Waals surface area contributed by atoms with Gasteiger partial charge in [-0.05, 0) is 29.7 Å². The molecule has 0 heterocycles. The Morgan fingerprint density at radius 1 is 0.340 bits per heavy atom. The van der Waals surface area contributed by atoms with Crippen molar-refractivity contribution in [3.8, 4) is 0 Å². The Kier molecular flexibility index (Phi) is 10.6. The van der Waals surface area contributed by atoms with Crippen LogP contribution in [-0.2, 0) is 0 Å². The molecule has 0 amide bonds. The van der Waals surface area contributed by atoms with Crippen LogP contribution < -0.4 is 10.9 Å². The van der Waals surface area contributed by atoms with E-state index in [2.05, 4.69) is 0 Å². The van der Waals surface area contributed by atoms with Crippen molar-refractivity contribution in [1.82, 2.24) is 0 Å². The SMILES string of the molecule is Fc1c(F)c(F)c(B(C(=C(Sc2ccccc2)Sc2ccccc2)c2c(F)c(F)c(F)c(F)c2F)c2c(F)c(F)c(F)c(F)c2F)c(F)c1F. The average molecular weight is 754 g/mol. The molecule has 0 nitrogen and oxygen atoms in total. The minimum atomic E-state index is -3.71. The monoisotopic (exact) mass is 754 g/mol. The van der Waals surface area contributed by atoms with Gasteiger partial charge < -0.3 is 0 Å². The first kappa shape index (κ1) is 36.8. The molecule has 0 aromatic heterocycles. The fourth-order valence-corrected chi connectivity index (χ4v) is 7.13. The Morgan fingerprint density at radius 2 is 0.600 bits per heavy atom. The number of rotatable bonds is 8. The summed E-state index contributed by atoms with van der Waals surface area (Å²) in [6, 6.07) is 13.1. The zero-order valence-electron chi connectivity index (χ0n) is 23.8. The van der Waals surface area contributed by atoms with E-state index in [-0.39, 0.29) is 33.3 Å². The van der Waals surface area contributed by atoms with Crippen LogP contribution in [0.5, 0.6) is 0 Å². The highest BCUT2D eigenvalue weighted by Crippen LogP contribution is 2.46. The van der Waals surface area contributed by atoms with Crippen molar-refractivity contribution >= 4 is 46.6 Å². The lowest BCUT2D eigenvalue weighted by molar-refractivity contribution is 0.376. The van der Waals surface area contributed by atoms with Crippen LogP contribution in [0.1, 0.15) is 5.56 Å². The Hall–Kier alpha value is -4.45. The minimum Gasteiger partial charge on any atom is -0.204 e. The second-order valence-corrected chi connectivity index (χ2v) is 12.3. The molecule has 0 aliphatic carbocycles. The Bertz CT molecular complexity index is 1980. The van der Waals surface area contributed by atoms with E-state index in [4.69, 9.17) is 0 Å². The van der Waals surface area contributed by atoms with Crippen LogP contribution >= 0.6 is 23.5 Å². The Labute approximate surface area is 279 Å². The molecule has 0 fully saturated rings. The molecule has 5 aromatic carbocycles. The maximum absolute atomic E-state index is 15.8. The van der Waals surface area contributed by atoms with Crippen LogP contribution in [0, 0.1) is 87.3 Å². The highest BCUT2D eigenvalue weighted by molar-refractivity contribution is 8.22. The van der Waals surface area contributed by atoms with Crippen molar-refractivity contribution in [2.75, 3.05) is 0 Å². The summed E-state index contributed by atoms with van der Waals surface area (Å²) in [6.07, 6.45) is 0. The number of benzene rings is 5. The third-order valence-electron chi connectivity index (χ3n) is 6.96. The molecule has 0 spiro atoms. The molecular formula is C32H10BF15S2. The standard InChI is InChI=1S/C32H10BF15S2/c34-17-13(18(35)24(41)29(46)23(17)40)14(32(49-11-7-3-1-4-8-11)50-12-9-5-2-6-10-12)33(15-19(36)25(42)30(47)26(43)20(15)37)16-21(38)27(44)31(48)28(45)22(16)39/h1-10H. The Balaban J connectivity index is 2.13. The molecule has 0 N–H and O–H groups in total. The number of halogens is 15. The summed E-state index contributed by atoms with van der Waals surface area (Å²) in [5.74, 6) is -43.4. The summed E-state index contributed by atoms with van der Waals surface area (Å²) in [6.45, 7) is -3.71. The van der Waals surface area contributed by atoms with Gasteiger partial charge in [0.05, 0.1) is 0 Å². The van der Waals surface area contributed by atoms with Gasteiger partial charge in [0, 0.05) is 30.5 Å². The third kappa shape index (κ3) is 6.34. The number of hydrogen-bond acceptors (Lipinski definition) is 2. The van der Waals surface area contributed by atoms with Crippen molar-refractivity contribution < 1.29 is 65.9 Å². The van der Waals surface area contributed by atoms with Gasteiger partial charge >= 0.3 is 0 Å².